The van der Waals surface area contributed by atoms with Crippen LogP contribution in [0.4, 0.5) is 15.3 Å². The Morgan fingerprint density at radius 3 is 1.94 bits per heavy atom. The Labute approximate surface area is 398 Å². The number of ether oxygens (including phenoxy) is 2. The molecule has 4 aromatic rings. The number of amides is 4. The fourth-order valence-electron chi connectivity index (χ4n) is 11.2. The van der Waals surface area contributed by atoms with Gasteiger partial charge in [-0.3, -0.25) is 9.59 Å². The van der Waals surface area contributed by atoms with E-state index in [0.717, 1.165) is 59.2 Å². The summed E-state index contributed by atoms with van der Waals surface area (Å²) in [6, 6.07) is 15.9. The van der Waals surface area contributed by atoms with Gasteiger partial charge in [0.25, 0.3) is 10.0 Å². The number of fused-ring (bicyclic) bond motifs is 2. The minimum Gasteiger partial charge on any atom is -0.453 e. The summed E-state index contributed by atoms with van der Waals surface area (Å²) in [4.78, 5) is 63.5. The van der Waals surface area contributed by atoms with Gasteiger partial charge in [0.05, 0.1) is 43.9 Å². The predicted molar refractivity (Wildman–Crippen MR) is 258 cm³/mol. The molecule has 3 fully saturated rings. The van der Waals surface area contributed by atoms with Crippen molar-refractivity contribution in [2.24, 2.45) is 21.6 Å². The number of likely N-dealkylation sites (tertiary alicyclic amines) is 2. The summed E-state index contributed by atoms with van der Waals surface area (Å²) in [5.41, 5.74) is 8.82. The first-order chi connectivity index (χ1) is 32.6. The molecule has 4 heterocycles. The molecule has 16 nitrogen and oxygen atoms in total. The minimum atomic E-state index is -4.17. The first-order valence-corrected chi connectivity index (χ1v) is 25.4. The minimum absolute atomic E-state index is 0.0840. The average molecular weight is 947 g/mol. The lowest BCUT2D eigenvalue weighted by Crippen LogP contribution is -2.54. The number of sulfonamides is 1. The molecule has 3 aliphatic heterocycles. The fourth-order valence-corrected chi connectivity index (χ4v) is 12.4. The molecule has 2 saturated heterocycles. The normalized spacial score (nSPS) is 21.0. The summed E-state index contributed by atoms with van der Waals surface area (Å²) < 4.78 is 42.2. The molecule has 9 rings (SSSR count). The van der Waals surface area contributed by atoms with Crippen LogP contribution in [0.1, 0.15) is 102 Å². The summed E-state index contributed by atoms with van der Waals surface area (Å²) in [6.07, 6.45) is 9.89. The smallest absolute Gasteiger partial charge is 0.407 e. The lowest BCUT2D eigenvalue weighted by molar-refractivity contribution is -0.135. The number of imidazole rings is 1. The fraction of sp³-hybridized carbons (Fsp3) is 0.490. The van der Waals surface area contributed by atoms with Gasteiger partial charge in [-0.25, -0.2) is 14.6 Å². The Hall–Kier alpha value is -6.23. The highest BCUT2D eigenvalue weighted by atomic mass is 32.2. The molecule has 17 heteroatoms. The van der Waals surface area contributed by atoms with Crippen LogP contribution in [0.15, 0.2) is 70.1 Å². The number of carbonyl (C=O) groups excluding carboxylic acids is 4. The molecule has 4 N–H and O–H groups in total. The van der Waals surface area contributed by atoms with Crippen LogP contribution in [-0.4, -0.2) is 103 Å². The van der Waals surface area contributed by atoms with E-state index in [9.17, 15) is 27.6 Å². The Balaban J connectivity index is 0.981. The number of H-pyrrole nitrogens is 1. The maximum absolute atomic E-state index is 14.2. The van der Waals surface area contributed by atoms with Crippen molar-refractivity contribution in [3.05, 3.63) is 77.7 Å². The summed E-state index contributed by atoms with van der Waals surface area (Å²) in [5.74, 6) is 0.0509. The number of aromatic amines is 1. The number of methoxy groups -OCH3 is 2. The van der Waals surface area contributed by atoms with E-state index in [1.54, 1.807) is 22.1 Å². The van der Waals surface area contributed by atoms with Gasteiger partial charge in [-0.05, 0) is 126 Å². The zero-order valence-corrected chi connectivity index (χ0v) is 40.5. The lowest BCUT2D eigenvalue weighted by Gasteiger charge is -2.32. The van der Waals surface area contributed by atoms with Crippen molar-refractivity contribution in [2.75, 3.05) is 32.6 Å². The second-order valence-electron chi connectivity index (χ2n) is 19.9. The molecule has 360 valence electrons. The highest BCUT2D eigenvalue weighted by molar-refractivity contribution is 7.90. The third kappa shape index (κ3) is 8.96. The van der Waals surface area contributed by atoms with Crippen LogP contribution in [0.5, 0.6) is 0 Å². The monoisotopic (exact) mass is 946 g/mol. The number of alkyl carbamates (subject to hydrolysis) is 2. The highest BCUT2D eigenvalue weighted by Gasteiger charge is 2.43. The number of nitrogens with zero attached hydrogens (tertiary/aromatic N) is 4. The molecule has 4 amide bonds. The average Bonchev–Trinajstić information content (AvgIpc) is 4.19. The van der Waals surface area contributed by atoms with Gasteiger partial charge >= 0.3 is 12.2 Å². The van der Waals surface area contributed by atoms with Crippen LogP contribution in [0.25, 0.3) is 33.5 Å². The number of carbonyl (C=O) groups is 4. The maximum Gasteiger partial charge on any atom is 0.407 e. The van der Waals surface area contributed by atoms with Gasteiger partial charge < -0.3 is 40.2 Å². The van der Waals surface area contributed by atoms with Gasteiger partial charge in [0.2, 0.25) is 11.8 Å². The van der Waals surface area contributed by atoms with Crippen LogP contribution in [0, 0.1) is 17.3 Å². The Morgan fingerprint density at radius 2 is 1.32 bits per heavy atom. The quantitative estimate of drug-likeness (QED) is 0.114. The van der Waals surface area contributed by atoms with Crippen molar-refractivity contribution >= 4 is 45.5 Å². The number of aromatic nitrogens is 2. The summed E-state index contributed by atoms with van der Waals surface area (Å²) in [5, 5.41) is 8.64. The van der Waals surface area contributed by atoms with Gasteiger partial charge in [-0.1, -0.05) is 76.9 Å². The molecule has 1 spiro atoms. The first kappa shape index (κ1) is 46.9. The molecule has 1 aromatic heterocycles. The number of hydrogen-bond donors (Lipinski definition) is 4. The van der Waals surface area contributed by atoms with Crippen molar-refractivity contribution in [3.8, 4) is 33.5 Å². The SMILES string of the molecule is COC(=O)NC(C(=O)N1CCCC1C1=NS(=O)(=O)c2cc(-c3cc(-c4ccc(-c5cnc(C6CCCN6C(=O)C(NC(=O)OC)C(C)C)[nH]5)cc4)cc4c3CC3(CCCC3)C4)ccc2N1)C(C)C. The Bertz CT molecular complexity index is 2760. The summed E-state index contributed by atoms with van der Waals surface area (Å²) >= 11 is 0. The number of hydrogen-bond acceptors (Lipinski definition) is 10. The maximum atomic E-state index is 14.2. The molecule has 4 atom stereocenters. The van der Waals surface area contributed by atoms with E-state index in [1.807, 2.05) is 39.8 Å². The van der Waals surface area contributed by atoms with Crippen LogP contribution in [0.2, 0.25) is 0 Å². The number of rotatable bonds is 11. The molecule has 3 aromatic carbocycles. The summed E-state index contributed by atoms with van der Waals surface area (Å²) in [7, 11) is -1.64. The number of nitrogens with one attached hydrogen (secondary N) is 4. The van der Waals surface area contributed by atoms with Crippen LogP contribution in [-0.2, 0) is 41.9 Å². The molecule has 0 bridgehead atoms. The topological polar surface area (TPSA) is 204 Å². The van der Waals surface area contributed by atoms with Gasteiger partial charge in [0.1, 0.15) is 28.6 Å². The van der Waals surface area contributed by atoms with Crippen molar-refractivity contribution in [2.45, 2.75) is 121 Å². The molecule has 1 saturated carbocycles. The van der Waals surface area contributed by atoms with E-state index in [-0.39, 0.29) is 45.8 Å². The highest BCUT2D eigenvalue weighted by Crippen LogP contribution is 2.52. The second-order valence-corrected chi connectivity index (χ2v) is 21.4. The van der Waals surface area contributed by atoms with Crippen LogP contribution < -0.4 is 16.0 Å². The van der Waals surface area contributed by atoms with Crippen molar-refractivity contribution < 1.29 is 37.1 Å². The number of anilines is 1. The van der Waals surface area contributed by atoms with E-state index in [1.165, 1.54) is 51.0 Å². The van der Waals surface area contributed by atoms with Crippen molar-refractivity contribution in [1.29, 1.82) is 0 Å². The largest absolute Gasteiger partial charge is 0.453 e. The van der Waals surface area contributed by atoms with Crippen LogP contribution in [0.3, 0.4) is 0 Å². The summed E-state index contributed by atoms with van der Waals surface area (Å²) in [6.45, 7) is 8.43. The van der Waals surface area contributed by atoms with Gasteiger partial charge in [0, 0.05) is 13.1 Å². The molecule has 68 heavy (non-hydrogen) atoms. The van der Waals surface area contributed by atoms with E-state index >= 15 is 0 Å². The van der Waals surface area contributed by atoms with Crippen molar-refractivity contribution in [1.82, 2.24) is 30.4 Å². The first-order valence-electron chi connectivity index (χ1n) is 24.0. The number of benzene rings is 3. The molecule has 0 radical (unpaired) electrons. The molecule has 2 aliphatic carbocycles. The van der Waals surface area contributed by atoms with E-state index in [4.69, 9.17) is 14.5 Å². The zero-order valence-electron chi connectivity index (χ0n) is 39.7. The van der Waals surface area contributed by atoms with Gasteiger partial charge in [0.15, 0.2) is 0 Å². The predicted octanol–water partition coefficient (Wildman–Crippen LogP) is 8.00. The Morgan fingerprint density at radius 1 is 0.735 bits per heavy atom. The third-order valence-corrected chi connectivity index (χ3v) is 16.1. The molecular weight excluding hydrogens is 885 g/mol. The lowest BCUT2D eigenvalue weighted by atomic mass is 9.83. The molecule has 4 unspecified atom stereocenters. The molecular formula is C51H62N8O8S. The van der Waals surface area contributed by atoms with E-state index in [0.29, 0.717) is 37.4 Å². The van der Waals surface area contributed by atoms with Gasteiger partial charge in [-0.2, -0.15) is 8.42 Å². The van der Waals surface area contributed by atoms with E-state index in [2.05, 4.69) is 61.7 Å². The van der Waals surface area contributed by atoms with Crippen molar-refractivity contribution in [3.63, 3.8) is 0 Å². The molecule has 5 aliphatic rings. The zero-order chi connectivity index (χ0) is 48.1. The number of amidine groups is 1. The third-order valence-electron chi connectivity index (χ3n) is 14.8. The van der Waals surface area contributed by atoms with E-state index < -0.39 is 40.3 Å². The van der Waals surface area contributed by atoms with Gasteiger partial charge in [-0.15, -0.1) is 4.40 Å². The standard InChI is InChI=1S/C51H62N8O8S/c1-29(2)43(55-49(62)66-5)47(60)58-21-9-11-40(58)45-52-28-39(54-45)32-15-13-31(14-16-32)34-23-35-26-51(19-7-8-20-51)27-37(35)36(24-34)33-17-18-38-42(25-33)68(64,65)57-46(53-38)41-12-10-22-59(41)48(61)44(30(3)4)56-50(63)67-6/h13-18,23-25,28-30,40-41,43-44H,7-12,19-22,26-27H2,1-6H3,(H,52,54)(H,53,57)(H,55,62)(H,56,63). The van der Waals surface area contributed by atoms with Crippen LogP contribution >= 0.6 is 0 Å². The Kier molecular flexibility index (Phi) is 12.9. The second kappa shape index (κ2) is 18.7.